The molecule has 2 aromatic carbocycles. The number of hydrogen-bond acceptors (Lipinski definition) is 4. The van der Waals surface area contributed by atoms with Crippen molar-refractivity contribution in [2.45, 2.75) is 26.2 Å². The van der Waals surface area contributed by atoms with Gasteiger partial charge in [0.05, 0.1) is 6.07 Å². The molecule has 0 saturated heterocycles. The highest BCUT2D eigenvalue weighted by atomic mass is 16.2. The van der Waals surface area contributed by atoms with Crippen LogP contribution in [0.15, 0.2) is 48.5 Å². The van der Waals surface area contributed by atoms with E-state index >= 15 is 0 Å². The molecule has 0 heterocycles. The van der Waals surface area contributed by atoms with Crippen LogP contribution >= 0.6 is 0 Å². The Balaban J connectivity index is 1.65. The number of carbonyl (C=O) groups is 3. The minimum absolute atomic E-state index is 0.0255. The Morgan fingerprint density at radius 3 is 2.11 bits per heavy atom. The van der Waals surface area contributed by atoms with Gasteiger partial charge in [0.25, 0.3) is 0 Å². The summed E-state index contributed by atoms with van der Waals surface area (Å²) in [6, 6.07) is 15.3. The normalized spacial score (nSPS) is 13.9. The fraction of sp³-hybridized carbons (Fsp3) is 0.273. The zero-order chi connectivity index (χ0) is 20.1. The van der Waals surface area contributed by atoms with Crippen molar-refractivity contribution in [2.24, 2.45) is 11.8 Å². The molecule has 0 aliphatic heterocycles. The number of Topliss-reactive ketones (excluding diaryl/α,β-unsaturated/α-hetero) is 1. The van der Waals surface area contributed by atoms with Crippen molar-refractivity contribution in [1.29, 1.82) is 5.26 Å². The average molecular weight is 375 g/mol. The number of benzene rings is 2. The lowest BCUT2D eigenvalue weighted by Gasteiger charge is -2.11. The van der Waals surface area contributed by atoms with Gasteiger partial charge in [-0.1, -0.05) is 19.1 Å². The summed E-state index contributed by atoms with van der Waals surface area (Å²) >= 11 is 0. The monoisotopic (exact) mass is 375 g/mol. The fourth-order valence-corrected chi connectivity index (χ4v) is 2.75. The van der Waals surface area contributed by atoms with E-state index in [-0.39, 0.29) is 17.4 Å². The van der Waals surface area contributed by atoms with E-state index in [2.05, 4.69) is 10.6 Å². The van der Waals surface area contributed by atoms with Gasteiger partial charge in [-0.05, 0) is 61.2 Å². The first-order valence-electron chi connectivity index (χ1n) is 9.26. The first kappa shape index (κ1) is 19.3. The second-order valence-corrected chi connectivity index (χ2v) is 6.81. The maximum atomic E-state index is 12.6. The molecule has 1 atom stereocenters. The summed E-state index contributed by atoms with van der Waals surface area (Å²) in [7, 11) is 0. The number of nitriles is 1. The summed E-state index contributed by atoms with van der Waals surface area (Å²) in [6.45, 7) is 2.03. The van der Waals surface area contributed by atoms with E-state index in [1.54, 1.807) is 30.3 Å². The van der Waals surface area contributed by atoms with Gasteiger partial charge in [-0.2, -0.15) is 5.26 Å². The number of ketones is 1. The molecule has 1 fully saturated rings. The number of anilines is 2. The Labute approximate surface area is 163 Å². The zero-order valence-corrected chi connectivity index (χ0v) is 15.6. The smallest absolute Gasteiger partial charge is 0.249 e. The molecule has 1 saturated carbocycles. The van der Waals surface area contributed by atoms with Crippen LogP contribution in [0.2, 0.25) is 0 Å². The van der Waals surface area contributed by atoms with Crippen LogP contribution in [0.3, 0.4) is 0 Å². The third kappa shape index (κ3) is 4.63. The van der Waals surface area contributed by atoms with Crippen molar-refractivity contribution in [3.05, 3.63) is 59.7 Å². The predicted molar refractivity (Wildman–Crippen MR) is 106 cm³/mol. The molecular formula is C22H21N3O3. The van der Waals surface area contributed by atoms with E-state index in [1.165, 1.54) is 12.1 Å². The van der Waals surface area contributed by atoms with Crippen LogP contribution in [0, 0.1) is 23.2 Å². The maximum Gasteiger partial charge on any atom is 0.249 e. The quantitative estimate of drug-likeness (QED) is 0.571. The number of aryl methyl sites for hydroxylation is 1. The van der Waals surface area contributed by atoms with E-state index in [9.17, 15) is 19.6 Å². The molecule has 0 spiro atoms. The minimum Gasteiger partial charge on any atom is -0.326 e. The van der Waals surface area contributed by atoms with E-state index in [0.717, 1.165) is 24.8 Å². The molecule has 1 aliphatic rings. The molecule has 1 unspecified atom stereocenters. The van der Waals surface area contributed by atoms with Gasteiger partial charge in [0.1, 0.15) is 0 Å². The Morgan fingerprint density at radius 2 is 1.57 bits per heavy atom. The van der Waals surface area contributed by atoms with Gasteiger partial charge in [0.15, 0.2) is 11.7 Å². The van der Waals surface area contributed by atoms with Gasteiger partial charge in [-0.3, -0.25) is 14.4 Å². The number of nitrogens with zero attached hydrogens (tertiary/aromatic N) is 1. The molecule has 2 aromatic rings. The molecule has 0 bridgehead atoms. The molecule has 3 rings (SSSR count). The molecule has 2 N–H and O–H groups in total. The molecule has 6 nitrogen and oxygen atoms in total. The largest absolute Gasteiger partial charge is 0.326 e. The predicted octanol–water partition coefficient (Wildman–Crippen LogP) is 3.56. The molecule has 6 heteroatoms. The van der Waals surface area contributed by atoms with Crippen LogP contribution in [-0.2, 0) is 16.0 Å². The lowest BCUT2D eigenvalue weighted by molar-refractivity contribution is -0.118. The highest BCUT2D eigenvalue weighted by Gasteiger charge is 2.30. The van der Waals surface area contributed by atoms with Gasteiger partial charge in [-0.25, -0.2) is 0 Å². The summed E-state index contributed by atoms with van der Waals surface area (Å²) in [5, 5.41) is 14.7. The number of rotatable bonds is 7. The van der Waals surface area contributed by atoms with Crippen molar-refractivity contribution in [1.82, 2.24) is 0 Å². The van der Waals surface area contributed by atoms with Crippen LogP contribution < -0.4 is 10.6 Å². The van der Waals surface area contributed by atoms with E-state index in [0.29, 0.717) is 11.4 Å². The standard InChI is InChI=1S/C22H21N3O3/c1-2-14-3-9-17(10-4-14)25-22(28)19(13-23)20(26)15-7-11-18(12-8-15)24-21(27)16-5-6-16/h3-4,7-12,16,19H,2,5-6H2,1H3,(H,24,27)(H,25,28). The number of carbonyl (C=O) groups excluding carboxylic acids is 3. The van der Waals surface area contributed by atoms with E-state index in [4.69, 9.17) is 0 Å². The van der Waals surface area contributed by atoms with Gasteiger partial charge < -0.3 is 10.6 Å². The van der Waals surface area contributed by atoms with Crippen molar-refractivity contribution >= 4 is 29.0 Å². The molecule has 2 amide bonds. The second-order valence-electron chi connectivity index (χ2n) is 6.81. The van der Waals surface area contributed by atoms with Crippen molar-refractivity contribution in [2.75, 3.05) is 10.6 Å². The number of amides is 2. The van der Waals surface area contributed by atoms with Gasteiger partial charge >= 0.3 is 0 Å². The lowest BCUT2D eigenvalue weighted by atomic mass is 9.97. The zero-order valence-electron chi connectivity index (χ0n) is 15.6. The summed E-state index contributed by atoms with van der Waals surface area (Å²) in [6.07, 6.45) is 2.69. The summed E-state index contributed by atoms with van der Waals surface area (Å²) < 4.78 is 0. The molecule has 0 radical (unpaired) electrons. The summed E-state index contributed by atoms with van der Waals surface area (Å²) in [5.74, 6) is -2.63. The average Bonchev–Trinajstić information content (AvgIpc) is 3.55. The van der Waals surface area contributed by atoms with Crippen LogP contribution in [0.1, 0.15) is 35.7 Å². The lowest BCUT2D eigenvalue weighted by Crippen LogP contribution is -2.28. The van der Waals surface area contributed by atoms with Crippen LogP contribution in [0.4, 0.5) is 11.4 Å². The summed E-state index contributed by atoms with van der Waals surface area (Å²) in [5.41, 5.74) is 2.49. The first-order valence-corrected chi connectivity index (χ1v) is 9.26. The second kappa shape index (κ2) is 8.49. The van der Waals surface area contributed by atoms with Gasteiger partial charge in [0.2, 0.25) is 11.8 Å². The Bertz CT molecular complexity index is 923. The highest BCUT2D eigenvalue weighted by molar-refractivity contribution is 6.15. The number of nitrogens with one attached hydrogen (secondary N) is 2. The Morgan fingerprint density at radius 1 is 1.00 bits per heavy atom. The molecule has 0 aromatic heterocycles. The SMILES string of the molecule is CCc1ccc(NC(=O)C(C#N)C(=O)c2ccc(NC(=O)C3CC3)cc2)cc1. The summed E-state index contributed by atoms with van der Waals surface area (Å²) in [4.78, 5) is 36.8. The van der Waals surface area contributed by atoms with Crippen molar-refractivity contribution in [3.63, 3.8) is 0 Å². The van der Waals surface area contributed by atoms with E-state index < -0.39 is 17.6 Å². The minimum atomic E-state index is -1.45. The molecular weight excluding hydrogens is 354 g/mol. The number of hydrogen-bond donors (Lipinski definition) is 2. The third-order valence-electron chi connectivity index (χ3n) is 4.67. The molecule has 142 valence electrons. The topological polar surface area (TPSA) is 99.1 Å². The molecule has 1 aliphatic carbocycles. The Kier molecular flexibility index (Phi) is 5.85. The third-order valence-corrected chi connectivity index (χ3v) is 4.67. The Hall–Kier alpha value is -3.46. The van der Waals surface area contributed by atoms with Crippen molar-refractivity contribution in [3.8, 4) is 6.07 Å². The van der Waals surface area contributed by atoms with E-state index in [1.807, 2.05) is 19.1 Å². The highest BCUT2D eigenvalue weighted by Crippen LogP contribution is 2.30. The van der Waals surface area contributed by atoms with Crippen LogP contribution in [0.5, 0.6) is 0 Å². The molecule has 28 heavy (non-hydrogen) atoms. The van der Waals surface area contributed by atoms with Crippen LogP contribution in [-0.4, -0.2) is 17.6 Å². The van der Waals surface area contributed by atoms with Crippen LogP contribution in [0.25, 0.3) is 0 Å². The first-order chi connectivity index (χ1) is 13.5. The maximum absolute atomic E-state index is 12.6. The van der Waals surface area contributed by atoms with Gasteiger partial charge in [-0.15, -0.1) is 0 Å². The fourth-order valence-electron chi connectivity index (χ4n) is 2.75. The van der Waals surface area contributed by atoms with Crippen molar-refractivity contribution < 1.29 is 14.4 Å². The van der Waals surface area contributed by atoms with Gasteiger partial charge in [0, 0.05) is 22.9 Å².